The number of hydrogen-bond acceptors (Lipinski definition) is 5. The number of carbonyl (C=O) groups is 3. The molecule has 8 nitrogen and oxygen atoms in total. The average molecular weight is 396 g/mol. The van der Waals surface area contributed by atoms with Crippen molar-refractivity contribution in [1.82, 2.24) is 10.7 Å². The second-order valence-corrected chi connectivity index (χ2v) is 6.33. The monoisotopic (exact) mass is 396 g/mol. The van der Waals surface area contributed by atoms with E-state index in [4.69, 9.17) is 17.3 Å². The third-order valence-electron chi connectivity index (χ3n) is 3.96. The van der Waals surface area contributed by atoms with Crippen LogP contribution in [-0.4, -0.2) is 40.1 Å². The first kappa shape index (κ1) is 19.2. The van der Waals surface area contributed by atoms with Crippen LogP contribution in [0.15, 0.2) is 53.6 Å². The van der Waals surface area contributed by atoms with Crippen molar-refractivity contribution in [2.45, 2.75) is 6.42 Å². The van der Waals surface area contributed by atoms with Crippen molar-refractivity contribution in [3.63, 3.8) is 0 Å². The number of aliphatic carboxylic acids is 1. The first-order valence-electron chi connectivity index (χ1n) is 8.30. The summed E-state index contributed by atoms with van der Waals surface area (Å²) < 4.78 is 0. The van der Waals surface area contributed by atoms with Crippen LogP contribution in [0.1, 0.15) is 32.7 Å². The van der Waals surface area contributed by atoms with Gasteiger partial charge in [0.15, 0.2) is 10.9 Å². The molecule has 142 valence electrons. The van der Waals surface area contributed by atoms with Crippen molar-refractivity contribution >= 4 is 46.4 Å². The van der Waals surface area contributed by atoms with E-state index < -0.39 is 18.4 Å². The fourth-order valence-corrected chi connectivity index (χ4v) is 2.82. The number of ketones is 1. The van der Waals surface area contributed by atoms with Crippen molar-refractivity contribution in [2.24, 2.45) is 5.10 Å². The zero-order chi connectivity index (χ0) is 20.1. The Labute approximate surface area is 165 Å². The van der Waals surface area contributed by atoms with Gasteiger partial charge in [-0.15, -0.1) is 0 Å². The van der Waals surface area contributed by atoms with Crippen molar-refractivity contribution in [3.05, 3.63) is 65.2 Å². The number of anilines is 1. The topological polar surface area (TPSA) is 120 Å². The molecule has 1 aliphatic carbocycles. The average Bonchev–Trinajstić information content (AvgIpc) is 3.01. The summed E-state index contributed by atoms with van der Waals surface area (Å²) in [7, 11) is 0. The number of fused-ring (bicyclic) bond motifs is 1. The van der Waals surface area contributed by atoms with Crippen LogP contribution in [0.4, 0.5) is 5.69 Å². The van der Waals surface area contributed by atoms with Gasteiger partial charge in [0, 0.05) is 22.4 Å². The molecule has 0 saturated carbocycles. The largest absolute Gasteiger partial charge is 0.480 e. The number of amides is 1. The SMILES string of the molecule is O=C(O)CNC(=O)c1ccc(NC(=S)N/N=C2\CC(=O)c3ccccc32)cc1. The molecule has 0 saturated heterocycles. The highest BCUT2D eigenvalue weighted by atomic mass is 32.1. The number of carboxylic acid groups (broad SMARTS) is 1. The Morgan fingerprint density at radius 2 is 1.75 bits per heavy atom. The van der Waals surface area contributed by atoms with Gasteiger partial charge in [-0.3, -0.25) is 19.8 Å². The molecule has 0 aromatic heterocycles. The zero-order valence-corrected chi connectivity index (χ0v) is 15.4. The van der Waals surface area contributed by atoms with Gasteiger partial charge in [-0.05, 0) is 36.5 Å². The summed E-state index contributed by atoms with van der Waals surface area (Å²) in [6.07, 6.45) is 0.217. The first-order chi connectivity index (χ1) is 13.4. The smallest absolute Gasteiger partial charge is 0.322 e. The molecule has 0 heterocycles. The van der Waals surface area contributed by atoms with Gasteiger partial charge >= 0.3 is 5.97 Å². The number of Topliss-reactive ketones (excluding diaryl/α,β-unsaturated/α-hetero) is 1. The molecule has 9 heteroatoms. The highest BCUT2D eigenvalue weighted by Crippen LogP contribution is 2.21. The van der Waals surface area contributed by atoms with E-state index in [-0.39, 0.29) is 17.3 Å². The Morgan fingerprint density at radius 3 is 2.43 bits per heavy atom. The summed E-state index contributed by atoms with van der Waals surface area (Å²) in [6.45, 7) is -0.446. The van der Waals surface area contributed by atoms with E-state index in [0.717, 1.165) is 5.56 Å². The van der Waals surface area contributed by atoms with E-state index in [1.54, 1.807) is 30.3 Å². The lowest BCUT2D eigenvalue weighted by Crippen LogP contribution is -2.29. The number of carbonyl (C=O) groups excluding carboxylic acids is 2. The van der Waals surface area contributed by atoms with Crippen LogP contribution in [-0.2, 0) is 4.79 Å². The quantitative estimate of drug-likeness (QED) is 0.449. The van der Waals surface area contributed by atoms with E-state index in [1.807, 2.05) is 18.2 Å². The minimum Gasteiger partial charge on any atom is -0.480 e. The molecule has 28 heavy (non-hydrogen) atoms. The van der Waals surface area contributed by atoms with Gasteiger partial charge in [-0.25, -0.2) is 0 Å². The summed E-state index contributed by atoms with van der Waals surface area (Å²) in [6, 6.07) is 13.6. The summed E-state index contributed by atoms with van der Waals surface area (Å²) in [4.78, 5) is 34.2. The van der Waals surface area contributed by atoms with E-state index in [1.165, 1.54) is 0 Å². The number of benzene rings is 2. The number of nitrogens with zero attached hydrogens (tertiary/aromatic N) is 1. The van der Waals surface area contributed by atoms with E-state index in [0.29, 0.717) is 22.5 Å². The van der Waals surface area contributed by atoms with Crippen LogP contribution in [0.25, 0.3) is 0 Å². The summed E-state index contributed by atoms with van der Waals surface area (Å²) in [5, 5.41) is 18.2. The van der Waals surface area contributed by atoms with Gasteiger partial charge in [0.25, 0.3) is 5.91 Å². The third-order valence-corrected chi connectivity index (χ3v) is 4.16. The van der Waals surface area contributed by atoms with Gasteiger partial charge in [-0.2, -0.15) is 5.10 Å². The third kappa shape index (κ3) is 4.57. The Bertz CT molecular complexity index is 986. The van der Waals surface area contributed by atoms with E-state index in [9.17, 15) is 14.4 Å². The zero-order valence-electron chi connectivity index (χ0n) is 14.6. The number of carboxylic acids is 1. The fraction of sp³-hybridized carbons (Fsp3) is 0.105. The molecular formula is C19H16N4O4S. The molecule has 0 unspecified atom stereocenters. The van der Waals surface area contributed by atoms with E-state index in [2.05, 4.69) is 21.2 Å². The minimum absolute atomic E-state index is 0.0202. The molecular weight excluding hydrogens is 380 g/mol. The molecule has 1 amide bonds. The second-order valence-electron chi connectivity index (χ2n) is 5.92. The number of thiocarbonyl (C=S) groups is 1. The molecule has 0 fully saturated rings. The number of nitrogens with one attached hydrogen (secondary N) is 3. The molecule has 0 spiro atoms. The van der Waals surface area contributed by atoms with Crippen LogP contribution in [0.2, 0.25) is 0 Å². The molecule has 0 bridgehead atoms. The molecule has 3 rings (SSSR count). The standard InChI is InChI=1S/C19H16N4O4S/c24-16-9-15(13-3-1-2-4-14(13)16)22-23-19(28)21-12-7-5-11(6-8-12)18(27)20-10-17(25)26/h1-8H,9-10H2,(H,20,27)(H,25,26)(H2,21,23,28)/b22-15+. The van der Waals surface area contributed by atoms with Crippen molar-refractivity contribution < 1.29 is 19.5 Å². The van der Waals surface area contributed by atoms with Crippen LogP contribution >= 0.6 is 12.2 Å². The van der Waals surface area contributed by atoms with Crippen LogP contribution in [0.5, 0.6) is 0 Å². The Kier molecular flexibility index (Phi) is 5.75. The van der Waals surface area contributed by atoms with Crippen LogP contribution in [0.3, 0.4) is 0 Å². The molecule has 0 radical (unpaired) electrons. The van der Waals surface area contributed by atoms with Gasteiger partial charge in [-0.1, -0.05) is 24.3 Å². The Morgan fingerprint density at radius 1 is 1.07 bits per heavy atom. The Hall–Kier alpha value is -3.59. The number of rotatable bonds is 5. The molecule has 0 aliphatic heterocycles. The van der Waals surface area contributed by atoms with Crippen molar-refractivity contribution in [3.8, 4) is 0 Å². The van der Waals surface area contributed by atoms with Gasteiger partial charge < -0.3 is 15.7 Å². The molecule has 0 atom stereocenters. The first-order valence-corrected chi connectivity index (χ1v) is 8.71. The Balaban J connectivity index is 1.58. The van der Waals surface area contributed by atoms with Crippen LogP contribution < -0.4 is 16.1 Å². The fourth-order valence-electron chi connectivity index (χ4n) is 2.66. The van der Waals surface area contributed by atoms with Gasteiger partial charge in [0.05, 0.1) is 12.1 Å². The molecule has 2 aromatic carbocycles. The number of hydrazone groups is 1. The van der Waals surface area contributed by atoms with Crippen LogP contribution in [0, 0.1) is 0 Å². The maximum Gasteiger partial charge on any atom is 0.322 e. The predicted octanol–water partition coefficient (Wildman–Crippen LogP) is 1.78. The minimum atomic E-state index is -1.11. The lowest BCUT2D eigenvalue weighted by atomic mass is 10.1. The number of hydrogen-bond donors (Lipinski definition) is 4. The molecule has 4 N–H and O–H groups in total. The molecule has 2 aromatic rings. The van der Waals surface area contributed by atoms with Gasteiger partial charge in [0.2, 0.25) is 0 Å². The van der Waals surface area contributed by atoms with Gasteiger partial charge in [0.1, 0.15) is 6.54 Å². The summed E-state index contributed by atoms with van der Waals surface area (Å²) >= 11 is 5.19. The van der Waals surface area contributed by atoms with E-state index >= 15 is 0 Å². The highest BCUT2D eigenvalue weighted by molar-refractivity contribution is 7.80. The summed E-state index contributed by atoms with van der Waals surface area (Å²) in [5.74, 6) is -1.58. The maximum atomic E-state index is 12.0. The van der Waals surface area contributed by atoms with Crippen molar-refractivity contribution in [1.29, 1.82) is 0 Å². The lowest BCUT2D eigenvalue weighted by Gasteiger charge is -2.09. The summed E-state index contributed by atoms with van der Waals surface area (Å²) in [5.41, 5.74) is 5.73. The predicted molar refractivity (Wildman–Crippen MR) is 108 cm³/mol. The normalized spacial score (nSPS) is 13.7. The maximum absolute atomic E-state index is 12.0. The second kappa shape index (κ2) is 8.40. The lowest BCUT2D eigenvalue weighted by molar-refractivity contribution is -0.135. The highest BCUT2D eigenvalue weighted by Gasteiger charge is 2.24. The van der Waals surface area contributed by atoms with Crippen molar-refractivity contribution in [2.75, 3.05) is 11.9 Å². The molecule has 1 aliphatic rings.